The summed E-state index contributed by atoms with van der Waals surface area (Å²) in [5, 5.41) is 76.8. The monoisotopic (exact) mass is 1110 g/mol. The first kappa shape index (κ1) is 59.4. The van der Waals surface area contributed by atoms with Gasteiger partial charge in [-0.1, -0.05) is 40.7 Å². The number of methoxy groups -OCH3 is 1. The van der Waals surface area contributed by atoms with Gasteiger partial charge in [0.1, 0.15) is 40.8 Å². The smallest absolute Gasteiger partial charge is 0.340 e. The first-order chi connectivity index (χ1) is 36.6. The second-order valence-corrected chi connectivity index (χ2v) is 23.7. The highest BCUT2D eigenvalue weighted by atomic mass is 32.1. The van der Waals surface area contributed by atoms with Crippen LogP contribution in [0.25, 0.3) is 0 Å². The topological polar surface area (TPSA) is 257 Å². The summed E-state index contributed by atoms with van der Waals surface area (Å²) in [6, 6.07) is 12.9. The fourth-order valence-electron chi connectivity index (χ4n) is 12.7. The molecular formula is C58H81N3O16S. The lowest BCUT2D eigenvalue weighted by Crippen LogP contribution is -2.60. The van der Waals surface area contributed by atoms with Gasteiger partial charge in [0.2, 0.25) is 0 Å². The van der Waals surface area contributed by atoms with Gasteiger partial charge >= 0.3 is 11.9 Å². The van der Waals surface area contributed by atoms with Crippen LogP contribution in [0.1, 0.15) is 122 Å². The number of nitrogens with one attached hydrogen (secondary N) is 2. The summed E-state index contributed by atoms with van der Waals surface area (Å²) in [7, 11) is 5.37. The molecule has 0 aliphatic carbocycles. The Labute approximate surface area is 462 Å². The van der Waals surface area contributed by atoms with Crippen LogP contribution in [0.2, 0.25) is 0 Å². The number of benzene rings is 3. The normalized spacial score (nSPS) is 37.9. The Kier molecular flexibility index (Phi) is 17.5. The van der Waals surface area contributed by atoms with E-state index in [1.165, 1.54) is 31.2 Å². The zero-order valence-corrected chi connectivity index (χ0v) is 47.8. The van der Waals surface area contributed by atoms with E-state index in [-0.39, 0.29) is 70.7 Å². The quantitative estimate of drug-likeness (QED) is 0.0848. The second kappa shape index (κ2) is 23.0. The van der Waals surface area contributed by atoms with Gasteiger partial charge in [0.05, 0.1) is 53.7 Å². The average molecular weight is 1110 g/mol. The molecule has 0 saturated carbocycles. The predicted octanol–water partition coefficient (Wildman–Crippen LogP) is 6.44. The molecule has 8 N–H and O–H groups in total. The van der Waals surface area contributed by atoms with E-state index in [2.05, 4.69) is 10.6 Å². The van der Waals surface area contributed by atoms with E-state index in [1.807, 2.05) is 60.5 Å². The molecule has 3 fully saturated rings. The summed E-state index contributed by atoms with van der Waals surface area (Å²) in [6.45, 7) is 18.1. The number of hydrogen-bond donors (Lipinski definition) is 8. The third-order valence-electron chi connectivity index (χ3n) is 17.7. The summed E-state index contributed by atoms with van der Waals surface area (Å²) in [6.07, 6.45) is -9.19. The Morgan fingerprint density at radius 3 is 2.06 bits per heavy atom. The number of cyclic esters (lactones) is 1. The van der Waals surface area contributed by atoms with E-state index >= 15 is 0 Å². The number of ether oxygens (including phenoxy) is 8. The maximum atomic E-state index is 14.6. The minimum Gasteiger partial charge on any atom is -0.508 e. The molecule has 19 atom stereocenters. The molecule has 3 aromatic rings. The molecule has 5 heterocycles. The molecule has 1 spiro atoms. The van der Waals surface area contributed by atoms with Crippen molar-refractivity contribution in [2.45, 2.75) is 185 Å². The molecule has 78 heavy (non-hydrogen) atoms. The molecule has 0 radical (unpaired) electrons. The lowest BCUT2D eigenvalue weighted by atomic mass is 9.75. The van der Waals surface area contributed by atoms with Crippen LogP contribution in [-0.2, 0) is 43.6 Å². The molecular weight excluding hydrogens is 1030 g/mol. The van der Waals surface area contributed by atoms with Crippen molar-refractivity contribution in [2.24, 2.45) is 29.6 Å². The first-order valence-corrected chi connectivity index (χ1v) is 27.7. The van der Waals surface area contributed by atoms with Gasteiger partial charge in [0.25, 0.3) is 0 Å². The molecule has 3 saturated heterocycles. The molecule has 3 aromatic carbocycles. The summed E-state index contributed by atoms with van der Waals surface area (Å²) in [5.74, 6) is -4.36. The number of fused-ring (bicyclic) bond motifs is 6. The van der Waals surface area contributed by atoms with E-state index in [4.69, 9.17) is 50.1 Å². The Balaban J connectivity index is 1.13. The number of aliphatic hydroxyl groups excluding tert-OH is 3. The molecule has 5 aliphatic heterocycles. The van der Waals surface area contributed by atoms with Crippen LogP contribution < -0.4 is 15.4 Å². The SMILES string of the molecule is CC[C@H]1OC(=O)[C@H](C)[C@@H](O[C@H]2C[C@@](C)(OC)[C@@H](C)[C@H](C)O2)[C@H](C)[C@@H](O[C@@H]2O[C@H](C)C[C@H](N(C)C)[C@H]2O)[C@H](O)C[C@@H](C)[C@H](NC(=S)Nc2ccc3c(c2)C(=O)OC32c3ccc(O)cc3Oc3cc(O)ccc32)[C@H](C)[C@@H](O)[C@]1(C)O. The Morgan fingerprint density at radius 2 is 1.46 bits per heavy atom. The van der Waals surface area contributed by atoms with Crippen LogP contribution in [0, 0.1) is 29.6 Å². The maximum Gasteiger partial charge on any atom is 0.340 e. The van der Waals surface area contributed by atoms with Crippen molar-refractivity contribution < 1.29 is 78.1 Å². The minimum atomic E-state index is -2.02. The Hall–Kier alpha value is -4.71. The standard InChI is InChI=1S/C58H81N3O16S/c1-14-45-57(10,69)51(66)29(4)47(60-55(78)59-34-15-18-38-37(23-34)53(68)77-58(38)39-19-16-35(62)24-43(39)73-44-25-36(63)17-20-40(44)58)27(2)21-42(64)50(76-54-48(65)41(61(11)12)22-28(3)71-54)30(5)49(31(6)52(67)74-45)75-46-26-56(9,70-13)32(7)33(8)72-46/h15-20,23-25,27-33,41-42,45-51,54,62-66,69H,14,21-22,26H2,1-13H3,(H2,59,60,78)/t27-,28-,29+,30+,31-,32+,33+,41+,42-,45-,46+,47+,48-,49+,50-,51-,54+,56-,57-/m1/s1. The van der Waals surface area contributed by atoms with Gasteiger partial charge < -0.3 is 84.1 Å². The number of aliphatic hydroxyl groups is 4. The molecule has 20 heteroatoms. The van der Waals surface area contributed by atoms with Crippen LogP contribution in [0.3, 0.4) is 0 Å². The van der Waals surface area contributed by atoms with Crippen LogP contribution >= 0.6 is 12.2 Å². The number of rotatable bonds is 9. The third-order valence-corrected chi connectivity index (χ3v) is 17.9. The fourth-order valence-corrected chi connectivity index (χ4v) is 12.9. The van der Waals surface area contributed by atoms with Crippen molar-refractivity contribution in [1.29, 1.82) is 0 Å². The molecule has 0 unspecified atom stereocenters. The summed E-state index contributed by atoms with van der Waals surface area (Å²) < 4.78 is 51.1. The van der Waals surface area contributed by atoms with Crippen LogP contribution in [-0.4, -0.2) is 158 Å². The van der Waals surface area contributed by atoms with Crippen molar-refractivity contribution in [3.63, 3.8) is 0 Å². The van der Waals surface area contributed by atoms with Crippen LogP contribution in [0.4, 0.5) is 5.69 Å². The fraction of sp³-hybridized carbons (Fsp3) is 0.638. The number of carbonyl (C=O) groups excluding carboxylic acids is 2. The van der Waals surface area contributed by atoms with E-state index in [0.717, 1.165) is 0 Å². The van der Waals surface area contributed by atoms with Crippen molar-refractivity contribution in [2.75, 3.05) is 26.5 Å². The van der Waals surface area contributed by atoms with Crippen molar-refractivity contribution in [3.8, 4) is 23.0 Å². The van der Waals surface area contributed by atoms with Crippen LogP contribution in [0.5, 0.6) is 23.0 Å². The highest BCUT2D eigenvalue weighted by Gasteiger charge is 2.55. The zero-order valence-electron chi connectivity index (χ0n) is 47.0. The van der Waals surface area contributed by atoms with Gasteiger partial charge in [0.15, 0.2) is 23.3 Å². The number of carbonyl (C=O) groups is 2. The van der Waals surface area contributed by atoms with Gasteiger partial charge in [-0.2, -0.15) is 0 Å². The molecule has 0 amide bonds. The average Bonchev–Trinajstić information content (AvgIpc) is 3.43. The summed E-state index contributed by atoms with van der Waals surface area (Å²) in [5.41, 5.74) is -2.17. The molecule has 430 valence electrons. The van der Waals surface area contributed by atoms with Gasteiger partial charge in [-0.25, -0.2) is 4.79 Å². The number of esters is 2. The van der Waals surface area contributed by atoms with Gasteiger partial charge in [-0.3, -0.25) is 4.79 Å². The Bertz CT molecular complexity index is 2620. The van der Waals surface area contributed by atoms with Crippen LogP contribution in [0.15, 0.2) is 54.6 Å². The molecule has 8 rings (SSSR count). The molecule has 0 bridgehead atoms. The number of anilines is 1. The number of aromatic hydroxyl groups is 2. The lowest BCUT2D eigenvalue weighted by Gasteiger charge is -2.48. The molecule has 0 aromatic heterocycles. The number of thiocarbonyl (C=S) groups is 1. The largest absolute Gasteiger partial charge is 0.508 e. The van der Waals surface area contributed by atoms with E-state index in [9.17, 15) is 40.2 Å². The van der Waals surface area contributed by atoms with Gasteiger partial charge in [-0.05, 0) is 123 Å². The molecule has 19 nitrogen and oxygen atoms in total. The lowest BCUT2D eigenvalue weighted by molar-refractivity contribution is -0.305. The predicted molar refractivity (Wildman–Crippen MR) is 291 cm³/mol. The Morgan fingerprint density at radius 1 is 0.833 bits per heavy atom. The number of nitrogens with zero attached hydrogens (tertiary/aromatic N) is 1. The van der Waals surface area contributed by atoms with E-state index < -0.39 is 108 Å². The first-order valence-electron chi connectivity index (χ1n) is 27.3. The molecule has 5 aliphatic rings. The van der Waals surface area contributed by atoms with Gasteiger partial charge in [0, 0.05) is 77.9 Å². The summed E-state index contributed by atoms with van der Waals surface area (Å²) in [4.78, 5) is 30.6. The zero-order chi connectivity index (χ0) is 57.1. The van der Waals surface area contributed by atoms with E-state index in [0.29, 0.717) is 35.2 Å². The highest BCUT2D eigenvalue weighted by Crippen LogP contribution is 2.57. The highest BCUT2D eigenvalue weighted by molar-refractivity contribution is 7.80. The van der Waals surface area contributed by atoms with Gasteiger partial charge in [-0.15, -0.1) is 0 Å². The number of phenolic OH excluding ortho intramolecular Hbond substituents is 2. The number of likely N-dealkylation sites (N-methyl/N-ethyl adjacent to an activating group) is 1. The van der Waals surface area contributed by atoms with Crippen molar-refractivity contribution in [1.82, 2.24) is 10.2 Å². The summed E-state index contributed by atoms with van der Waals surface area (Å²) >= 11 is 6.00. The third kappa shape index (κ3) is 11.2. The van der Waals surface area contributed by atoms with Crippen molar-refractivity contribution in [3.05, 3.63) is 76.9 Å². The van der Waals surface area contributed by atoms with Crippen molar-refractivity contribution >= 4 is 35.0 Å². The second-order valence-electron chi connectivity index (χ2n) is 23.3. The van der Waals surface area contributed by atoms with E-state index in [1.54, 1.807) is 58.2 Å². The number of hydrogen-bond acceptors (Lipinski definition) is 18. The minimum absolute atomic E-state index is 0.00206. The maximum absolute atomic E-state index is 14.6. The number of phenols is 2.